The molecule has 1 aromatic heterocycles. The maximum Gasteiger partial charge on any atom is 0.138 e. The van der Waals surface area contributed by atoms with Crippen molar-refractivity contribution >= 4 is 11.6 Å². The first-order chi connectivity index (χ1) is 9.61. The van der Waals surface area contributed by atoms with Crippen molar-refractivity contribution in [1.29, 1.82) is 0 Å². The van der Waals surface area contributed by atoms with Crippen LogP contribution in [0.3, 0.4) is 0 Å². The molecule has 1 aromatic carbocycles. The van der Waals surface area contributed by atoms with E-state index >= 15 is 0 Å². The summed E-state index contributed by atoms with van der Waals surface area (Å²) >= 11 is 6.16. The zero-order valence-electron chi connectivity index (χ0n) is 11.7. The van der Waals surface area contributed by atoms with Gasteiger partial charge < -0.3 is 14.4 Å². The number of aromatic nitrogens is 2. The maximum absolute atomic E-state index is 9.50. The van der Waals surface area contributed by atoms with E-state index in [-0.39, 0.29) is 0 Å². The van der Waals surface area contributed by atoms with Crippen LogP contribution in [-0.4, -0.2) is 14.7 Å². The van der Waals surface area contributed by atoms with Gasteiger partial charge in [0.1, 0.15) is 12.4 Å². The summed E-state index contributed by atoms with van der Waals surface area (Å²) in [5.74, 6) is 0.611. The van der Waals surface area contributed by atoms with Gasteiger partial charge in [0.15, 0.2) is 0 Å². The summed E-state index contributed by atoms with van der Waals surface area (Å²) in [5, 5.41) is 10.0. The highest BCUT2D eigenvalue weighted by atomic mass is 35.5. The van der Waals surface area contributed by atoms with Gasteiger partial charge in [-0.2, -0.15) is 0 Å². The third-order valence-electron chi connectivity index (χ3n) is 3.08. The van der Waals surface area contributed by atoms with Crippen LogP contribution in [0.1, 0.15) is 37.6 Å². The number of aliphatic hydroxyl groups is 1. The summed E-state index contributed by atoms with van der Waals surface area (Å²) < 4.78 is 7.80. The van der Waals surface area contributed by atoms with Gasteiger partial charge in [0.25, 0.3) is 0 Å². The first-order valence-corrected chi connectivity index (χ1v) is 7.09. The Morgan fingerprint density at radius 1 is 1.45 bits per heavy atom. The molecular formula is C15H19ClN2O2. The lowest BCUT2D eigenvalue weighted by Crippen LogP contribution is -2.05. The van der Waals surface area contributed by atoms with E-state index in [2.05, 4.69) is 16.5 Å². The van der Waals surface area contributed by atoms with Crippen LogP contribution in [0, 0.1) is 0 Å². The van der Waals surface area contributed by atoms with Crippen LogP contribution in [0.2, 0.25) is 5.02 Å². The molecule has 1 N–H and O–H groups in total. The molecule has 0 aliphatic carbocycles. The van der Waals surface area contributed by atoms with E-state index in [4.69, 9.17) is 16.3 Å². The van der Waals surface area contributed by atoms with Crippen molar-refractivity contribution in [2.24, 2.45) is 0 Å². The van der Waals surface area contributed by atoms with Crippen molar-refractivity contribution in [1.82, 2.24) is 9.55 Å². The molecule has 0 bridgehead atoms. The molecule has 0 unspecified atom stereocenters. The molecule has 0 radical (unpaired) electrons. The number of hydrogen-bond acceptors (Lipinski definition) is 3. The standard InChI is InChI=1S/C15H19ClN2O2/c1-3-6-18-10-17-8-13(18)9-20-15-5-4-12(11(2)19)7-14(15)16/h4-5,7-8,10-11,19H,3,6,9H2,1-2H3/t11-/m0/s1. The molecule has 5 heteroatoms. The maximum atomic E-state index is 9.50. The van der Waals surface area contributed by atoms with Crippen LogP contribution in [0.25, 0.3) is 0 Å². The summed E-state index contributed by atoms with van der Waals surface area (Å²) in [5.41, 5.74) is 1.79. The number of imidazole rings is 1. The Balaban J connectivity index is 2.05. The van der Waals surface area contributed by atoms with Gasteiger partial charge in [-0.1, -0.05) is 24.6 Å². The van der Waals surface area contributed by atoms with Crippen LogP contribution in [0.5, 0.6) is 5.75 Å². The highest BCUT2D eigenvalue weighted by Crippen LogP contribution is 2.28. The molecule has 0 aliphatic heterocycles. The second-order valence-electron chi connectivity index (χ2n) is 4.73. The fourth-order valence-corrected chi connectivity index (χ4v) is 2.20. The molecule has 0 amide bonds. The second-order valence-corrected chi connectivity index (χ2v) is 5.14. The minimum atomic E-state index is -0.535. The van der Waals surface area contributed by atoms with Crippen LogP contribution >= 0.6 is 11.6 Å². The Labute approximate surface area is 124 Å². The number of aryl methyl sites for hydroxylation is 1. The van der Waals surface area contributed by atoms with Crippen LogP contribution < -0.4 is 4.74 Å². The molecule has 0 saturated carbocycles. The topological polar surface area (TPSA) is 47.3 Å². The van der Waals surface area contributed by atoms with Crippen molar-refractivity contribution in [3.8, 4) is 5.75 Å². The summed E-state index contributed by atoms with van der Waals surface area (Å²) in [4.78, 5) is 4.13. The minimum absolute atomic E-state index is 0.424. The Morgan fingerprint density at radius 3 is 2.90 bits per heavy atom. The molecule has 4 nitrogen and oxygen atoms in total. The molecule has 20 heavy (non-hydrogen) atoms. The third kappa shape index (κ3) is 3.52. The highest BCUT2D eigenvalue weighted by Gasteiger charge is 2.08. The van der Waals surface area contributed by atoms with Crippen LogP contribution in [-0.2, 0) is 13.2 Å². The number of ether oxygens (including phenoxy) is 1. The number of halogens is 1. The predicted octanol–water partition coefficient (Wildman–Crippen LogP) is 3.58. The predicted molar refractivity (Wildman–Crippen MR) is 78.9 cm³/mol. The van der Waals surface area contributed by atoms with Crippen LogP contribution in [0.15, 0.2) is 30.7 Å². The van der Waals surface area contributed by atoms with Gasteiger partial charge in [0, 0.05) is 6.54 Å². The summed E-state index contributed by atoms with van der Waals surface area (Å²) in [6.45, 7) is 5.17. The summed E-state index contributed by atoms with van der Waals surface area (Å²) in [7, 11) is 0. The van der Waals surface area contributed by atoms with E-state index in [1.165, 1.54) is 0 Å². The van der Waals surface area contributed by atoms with Gasteiger partial charge in [-0.05, 0) is 31.0 Å². The lowest BCUT2D eigenvalue weighted by atomic mass is 10.1. The molecule has 0 saturated heterocycles. The summed E-state index contributed by atoms with van der Waals surface area (Å²) in [6.07, 6.45) is 4.12. The van der Waals surface area contributed by atoms with E-state index < -0.39 is 6.10 Å². The van der Waals surface area contributed by atoms with E-state index in [9.17, 15) is 5.11 Å². The normalized spacial score (nSPS) is 12.4. The Hall–Kier alpha value is -1.52. The SMILES string of the molecule is CCCn1cncc1COc1ccc([C@H](C)O)cc1Cl. The number of benzene rings is 1. The van der Waals surface area contributed by atoms with Gasteiger partial charge in [-0.15, -0.1) is 0 Å². The van der Waals surface area contributed by atoms with Gasteiger partial charge in [-0.25, -0.2) is 4.98 Å². The monoisotopic (exact) mass is 294 g/mol. The molecule has 1 atom stereocenters. The Kier molecular flexibility index (Phi) is 5.04. The highest BCUT2D eigenvalue weighted by molar-refractivity contribution is 6.32. The molecule has 2 aromatic rings. The Morgan fingerprint density at radius 2 is 2.25 bits per heavy atom. The van der Waals surface area contributed by atoms with Gasteiger partial charge >= 0.3 is 0 Å². The average molecular weight is 295 g/mol. The number of nitrogens with zero attached hydrogens (tertiary/aromatic N) is 2. The molecule has 2 rings (SSSR count). The van der Waals surface area contributed by atoms with E-state index in [1.807, 2.05) is 6.07 Å². The largest absolute Gasteiger partial charge is 0.486 e. The molecular weight excluding hydrogens is 276 g/mol. The number of hydrogen-bond donors (Lipinski definition) is 1. The first-order valence-electron chi connectivity index (χ1n) is 6.71. The molecule has 0 fully saturated rings. The van der Waals surface area contributed by atoms with E-state index in [0.717, 1.165) is 24.2 Å². The van der Waals surface area contributed by atoms with Crippen molar-refractivity contribution in [3.63, 3.8) is 0 Å². The quantitative estimate of drug-likeness (QED) is 0.886. The van der Waals surface area contributed by atoms with Crippen molar-refractivity contribution in [2.75, 3.05) is 0 Å². The van der Waals surface area contributed by atoms with Crippen molar-refractivity contribution in [2.45, 2.75) is 39.5 Å². The fraction of sp³-hybridized carbons (Fsp3) is 0.400. The molecule has 1 heterocycles. The van der Waals surface area contributed by atoms with Gasteiger partial charge in [0.2, 0.25) is 0 Å². The first kappa shape index (κ1) is 14.9. The number of rotatable bonds is 6. The molecule has 0 aliphatic rings. The van der Waals surface area contributed by atoms with Crippen molar-refractivity contribution < 1.29 is 9.84 Å². The Bertz CT molecular complexity index is 567. The lowest BCUT2D eigenvalue weighted by Gasteiger charge is -2.12. The zero-order valence-corrected chi connectivity index (χ0v) is 12.5. The fourth-order valence-electron chi connectivity index (χ4n) is 1.96. The second kappa shape index (κ2) is 6.77. The van der Waals surface area contributed by atoms with Crippen LogP contribution in [0.4, 0.5) is 0 Å². The smallest absolute Gasteiger partial charge is 0.138 e. The lowest BCUT2D eigenvalue weighted by molar-refractivity contribution is 0.199. The van der Waals surface area contributed by atoms with E-state index in [1.54, 1.807) is 31.6 Å². The van der Waals surface area contributed by atoms with E-state index in [0.29, 0.717) is 17.4 Å². The zero-order chi connectivity index (χ0) is 14.5. The average Bonchev–Trinajstić information content (AvgIpc) is 2.85. The molecule has 0 spiro atoms. The van der Waals surface area contributed by atoms with Crippen molar-refractivity contribution in [3.05, 3.63) is 47.0 Å². The van der Waals surface area contributed by atoms with Gasteiger partial charge in [0.05, 0.1) is 29.3 Å². The van der Waals surface area contributed by atoms with Gasteiger partial charge in [-0.3, -0.25) is 0 Å². The summed E-state index contributed by atoms with van der Waals surface area (Å²) in [6, 6.07) is 5.32. The minimum Gasteiger partial charge on any atom is -0.486 e. The number of aliphatic hydroxyl groups excluding tert-OH is 1. The molecule has 108 valence electrons. The third-order valence-corrected chi connectivity index (χ3v) is 3.37.